The number of carbonyl (C=O) groups is 2. The summed E-state index contributed by atoms with van der Waals surface area (Å²) in [5, 5.41) is 11.9. The zero-order valence-corrected chi connectivity index (χ0v) is 10.0. The maximum atomic E-state index is 12.1. The zero-order valence-electron chi connectivity index (χ0n) is 10.0. The molecule has 0 bridgehead atoms. The van der Waals surface area contributed by atoms with Crippen LogP contribution in [-0.2, 0) is 9.59 Å². The van der Waals surface area contributed by atoms with Gasteiger partial charge in [-0.25, -0.2) is 0 Å². The quantitative estimate of drug-likeness (QED) is 0.691. The summed E-state index contributed by atoms with van der Waals surface area (Å²) in [6.45, 7) is 4.39. The summed E-state index contributed by atoms with van der Waals surface area (Å²) in [4.78, 5) is 24.2. The van der Waals surface area contributed by atoms with Crippen molar-refractivity contribution in [3.8, 4) is 0 Å². The van der Waals surface area contributed by atoms with Crippen LogP contribution in [0.15, 0.2) is 12.7 Å². The summed E-state index contributed by atoms with van der Waals surface area (Å²) in [6.07, 6.45) is 5.55. The van der Waals surface area contributed by atoms with Crippen molar-refractivity contribution < 1.29 is 14.7 Å². The van der Waals surface area contributed by atoms with Gasteiger partial charge in [-0.3, -0.25) is 9.59 Å². The molecule has 1 heterocycles. The molecule has 1 saturated heterocycles. The molecular weight excluding hydrogens is 220 g/mol. The summed E-state index contributed by atoms with van der Waals surface area (Å²) >= 11 is 0. The van der Waals surface area contributed by atoms with E-state index in [-0.39, 0.29) is 25.0 Å². The molecule has 5 nitrogen and oxygen atoms in total. The lowest BCUT2D eigenvalue weighted by molar-refractivity contribution is -0.145. The van der Waals surface area contributed by atoms with Gasteiger partial charge in [0.15, 0.2) is 0 Å². The molecule has 0 aliphatic carbocycles. The maximum Gasteiger partial charge on any atom is 0.323 e. The molecule has 0 saturated carbocycles. The van der Waals surface area contributed by atoms with Crippen molar-refractivity contribution in [1.82, 2.24) is 10.2 Å². The third kappa shape index (κ3) is 4.56. The molecule has 0 spiro atoms. The van der Waals surface area contributed by atoms with Gasteiger partial charge in [0.1, 0.15) is 6.54 Å². The van der Waals surface area contributed by atoms with Crippen molar-refractivity contribution in [2.24, 2.45) is 0 Å². The molecule has 1 aliphatic rings. The molecule has 0 radical (unpaired) electrons. The Morgan fingerprint density at radius 3 is 2.82 bits per heavy atom. The highest BCUT2D eigenvalue weighted by atomic mass is 16.4. The summed E-state index contributed by atoms with van der Waals surface area (Å²) in [5.41, 5.74) is 0. The SMILES string of the molecule is C=CCN(CC(=O)O)C(=O)C1CCCCCN1. The third-order valence-electron chi connectivity index (χ3n) is 2.85. The summed E-state index contributed by atoms with van der Waals surface area (Å²) in [6, 6.07) is -0.239. The second-order valence-electron chi connectivity index (χ2n) is 4.26. The molecular formula is C12H20N2O3. The number of carboxylic acids is 1. The van der Waals surface area contributed by atoms with Crippen LogP contribution in [0.3, 0.4) is 0 Å². The molecule has 1 aliphatic heterocycles. The second-order valence-corrected chi connectivity index (χ2v) is 4.26. The van der Waals surface area contributed by atoms with Crippen molar-refractivity contribution in [2.75, 3.05) is 19.6 Å². The minimum absolute atomic E-state index is 0.130. The van der Waals surface area contributed by atoms with Gasteiger partial charge in [-0.2, -0.15) is 0 Å². The molecule has 96 valence electrons. The topological polar surface area (TPSA) is 69.6 Å². The Balaban J connectivity index is 2.60. The maximum absolute atomic E-state index is 12.1. The Morgan fingerprint density at radius 1 is 1.41 bits per heavy atom. The van der Waals surface area contributed by atoms with Crippen LogP contribution in [0.1, 0.15) is 25.7 Å². The number of aliphatic carboxylic acids is 1. The van der Waals surface area contributed by atoms with E-state index >= 15 is 0 Å². The average Bonchev–Trinajstić information content (AvgIpc) is 2.55. The van der Waals surface area contributed by atoms with Gasteiger partial charge in [-0.1, -0.05) is 18.9 Å². The number of nitrogens with zero attached hydrogens (tertiary/aromatic N) is 1. The highest BCUT2D eigenvalue weighted by Gasteiger charge is 2.25. The largest absolute Gasteiger partial charge is 0.480 e. The first kappa shape index (κ1) is 13.7. The lowest BCUT2D eigenvalue weighted by Crippen LogP contribution is -2.47. The van der Waals surface area contributed by atoms with E-state index in [1.165, 1.54) is 4.90 Å². The van der Waals surface area contributed by atoms with Crippen LogP contribution in [0, 0.1) is 0 Å². The summed E-state index contributed by atoms with van der Waals surface area (Å²) in [7, 11) is 0. The molecule has 1 rings (SSSR count). The van der Waals surface area contributed by atoms with E-state index in [0.29, 0.717) is 0 Å². The van der Waals surface area contributed by atoms with Gasteiger partial charge < -0.3 is 15.3 Å². The Labute approximate surface area is 101 Å². The van der Waals surface area contributed by atoms with E-state index < -0.39 is 5.97 Å². The fourth-order valence-electron chi connectivity index (χ4n) is 2.01. The van der Waals surface area contributed by atoms with Gasteiger partial charge in [0, 0.05) is 6.54 Å². The van der Waals surface area contributed by atoms with Crippen molar-refractivity contribution in [2.45, 2.75) is 31.7 Å². The van der Waals surface area contributed by atoms with Gasteiger partial charge in [-0.05, 0) is 19.4 Å². The number of carbonyl (C=O) groups excluding carboxylic acids is 1. The van der Waals surface area contributed by atoms with Crippen molar-refractivity contribution in [3.05, 3.63) is 12.7 Å². The smallest absolute Gasteiger partial charge is 0.323 e. The van der Waals surface area contributed by atoms with Crippen LogP contribution in [0.2, 0.25) is 0 Å². The van der Waals surface area contributed by atoms with Crippen LogP contribution in [0.4, 0.5) is 0 Å². The average molecular weight is 240 g/mol. The molecule has 1 atom stereocenters. The van der Waals surface area contributed by atoms with Gasteiger partial charge in [0.2, 0.25) is 5.91 Å². The monoisotopic (exact) mass is 240 g/mol. The normalized spacial score (nSPS) is 20.4. The van der Waals surface area contributed by atoms with E-state index in [4.69, 9.17) is 5.11 Å². The first-order valence-electron chi connectivity index (χ1n) is 6.00. The Kier molecular flexibility index (Phi) is 5.69. The first-order chi connectivity index (χ1) is 8.15. The van der Waals surface area contributed by atoms with Gasteiger partial charge in [0.25, 0.3) is 0 Å². The minimum atomic E-state index is -0.992. The van der Waals surface area contributed by atoms with Crippen LogP contribution >= 0.6 is 0 Å². The highest BCUT2D eigenvalue weighted by Crippen LogP contribution is 2.10. The summed E-state index contributed by atoms with van der Waals surface area (Å²) in [5.74, 6) is -1.12. The van der Waals surface area contributed by atoms with E-state index in [1.807, 2.05) is 0 Å². The minimum Gasteiger partial charge on any atom is -0.480 e. The Bertz CT molecular complexity index is 283. The van der Waals surface area contributed by atoms with Crippen LogP contribution in [0.25, 0.3) is 0 Å². The molecule has 2 N–H and O–H groups in total. The van der Waals surface area contributed by atoms with Gasteiger partial charge >= 0.3 is 5.97 Å². The Hall–Kier alpha value is -1.36. The molecule has 1 unspecified atom stereocenters. The number of amides is 1. The lowest BCUT2D eigenvalue weighted by Gasteiger charge is -2.24. The highest BCUT2D eigenvalue weighted by molar-refractivity contribution is 5.85. The van der Waals surface area contributed by atoms with Gasteiger partial charge in [-0.15, -0.1) is 6.58 Å². The Morgan fingerprint density at radius 2 is 2.18 bits per heavy atom. The van der Waals surface area contributed by atoms with Crippen molar-refractivity contribution >= 4 is 11.9 Å². The fraction of sp³-hybridized carbons (Fsp3) is 0.667. The summed E-state index contributed by atoms with van der Waals surface area (Å²) < 4.78 is 0. The molecule has 0 aromatic carbocycles. The van der Waals surface area contributed by atoms with E-state index in [9.17, 15) is 9.59 Å². The molecule has 0 aromatic rings. The third-order valence-corrected chi connectivity index (χ3v) is 2.85. The number of rotatable bonds is 5. The standard InChI is InChI=1S/C12H20N2O3/c1-2-8-14(9-11(15)16)12(17)10-6-4-3-5-7-13-10/h2,10,13H,1,3-9H2,(H,15,16). The van der Waals surface area contributed by atoms with Crippen LogP contribution < -0.4 is 5.32 Å². The first-order valence-corrected chi connectivity index (χ1v) is 6.00. The predicted octanol–water partition coefficient (Wildman–Crippen LogP) is 0.618. The zero-order chi connectivity index (χ0) is 12.7. The number of nitrogens with one attached hydrogen (secondary N) is 1. The van der Waals surface area contributed by atoms with E-state index in [0.717, 1.165) is 32.2 Å². The van der Waals surface area contributed by atoms with Gasteiger partial charge in [0.05, 0.1) is 6.04 Å². The van der Waals surface area contributed by atoms with Crippen LogP contribution in [0.5, 0.6) is 0 Å². The predicted molar refractivity (Wildman–Crippen MR) is 64.7 cm³/mol. The number of hydrogen-bond donors (Lipinski definition) is 2. The number of carboxylic acid groups (broad SMARTS) is 1. The number of hydrogen-bond acceptors (Lipinski definition) is 3. The second kappa shape index (κ2) is 7.06. The lowest BCUT2D eigenvalue weighted by atomic mass is 10.1. The molecule has 0 aromatic heterocycles. The fourth-order valence-corrected chi connectivity index (χ4v) is 2.01. The van der Waals surface area contributed by atoms with Crippen molar-refractivity contribution in [1.29, 1.82) is 0 Å². The van der Waals surface area contributed by atoms with Crippen LogP contribution in [-0.4, -0.2) is 47.6 Å². The van der Waals surface area contributed by atoms with E-state index in [2.05, 4.69) is 11.9 Å². The molecule has 1 fully saturated rings. The molecule has 5 heteroatoms. The molecule has 1 amide bonds. The van der Waals surface area contributed by atoms with E-state index in [1.54, 1.807) is 6.08 Å². The molecule has 17 heavy (non-hydrogen) atoms. The van der Waals surface area contributed by atoms with Crippen molar-refractivity contribution in [3.63, 3.8) is 0 Å².